The van der Waals surface area contributed by atoms with Crippen LogP contribution in [0.4, 0.5) is 0 Å². The molecule has 0 spiro atoms. The number of rotatable bonds is 2. The molecule has 6 heteroatoms. The number of nitrogens with zero attached hydrogens (tertiary/aromatic N) is 4. The third-order valence-electron chi connectivity index (χ3n) is 2.08. The first-order valence-corrected chi connectivity index (χ1v) is 4.80. The Morgan fingerprint density at radius 3 is 2.47 bits per heavy atom. The first kappa shape index (κ1) is 9.92. The molecule has 15 heavy (non-hydrogen) atoms. The molecule has 1 N–H and O–H groups in total. The number of benzene rings is 1. The molecular formula is C9H10ClN5. The maximum atomic E-state index is 7.64. The van der Waals surface area contributed by atoms with Gasteiger partial charge in [0.15, 0.2) is 0 Å². The summed E-state index contributed by atoms with van der Waals surface area (Å²) in [6, 6.07) is 7.45. The lowest BCUT2D eigenvalue weighted by atomic mass is 10.2. The smallest absolute Gasteiger partial charge is 0.238 e. The molecule has 0 radical (unpaired) electrons. The van der Waals surface area contributed by atoms with E-state index in [-0.39, 0.29) is 5.62 Å². The standard InChI is InChI=1S/C9H10ClN5/c1-14-9(11)15(13-12-14)6-7-2-4-8(10)5-3-7/h2-5,11H,6H2,1H3. The quantitative estimate of drug-likeness (QED) is 0.819. The lowest BCUT2D eigenvalue weighted by Crippen LogP contribution is -2.23. The zero-order valence-electron chi connectivity index (χ0n) is 8.18. The Hall–Kier alpha value is -1.62. The third-order valence-corrected chi connectivity index (χ3v) is 2.33. The number of nitrogens with one attached hydrogen (secondary N) is 1. The van der Waals surface area contributed by atoms with Crippen LogP contribution in [0, 0.1) is 5.41 Å². The van der Waals surface area contributed by atoms with E-state index in [0.29, 0.717) is 11.6 Å². The average Bonchev–Trinajstić information content (AvgIpc) is 2.53. The van der Waals surface area contributed by atoms with Crippen LogP contribution in [0.2, 0.25) is 5.02 Å². The third kappa shape index (κ3) is 2.07. The van der Waals surface area contributed by atoms with E-state index in [2.05, 4.69) is 10.4 Å². The fraction of sp³-hybridized carbons (Fsp3) is 0.222. The lowest BCUT2D eigenvalue weighted by Gasteiger charge is -1.99. The second kappa shape index (κ2) is 3.86. The Bertz CT molecular complexity index is 510. The van der Waals surface area contributed by atoms with Crippen LogP contribution in [0.15, 0.2) is 24.3 Å². The molecule has 0 aliphatic rings. The van der Waals surface area contributed by atoms with Crippen LogP contribution in [-0.2, 0) is 13.6 Å². The second-order valence-corrected chi connectivity index (χ2v) is 3.65. The van der Waals surface area contributed by atoms with Gasteiger partial charge in [0.1, 0.15) is 0 Å². The summed E-state index contributed by atoms with van der Waals surface area (Å²) >= 11 is 5.77. The molecule has 0 aliphatic heterocycles. The van der Waals surface area contributed by atoms with Gasteiger partial charge in [0.25, 0.3) is 0 Å². The lowest BCUT2D eigenvalue weighted by molar-refractivity contribution is 0.616. The summed E-state index contributed by atoms with van der Waals surface area (Å²) in [5.41, 5.74) is 1.31. The summed E-state index contributed by atoms with van der Waals surface area (Å²) in [6.07, 6.45) is 0. The Balaban J connectivity index is 2.26. The topological polar surface area (TPSA) is 59.5 Å². The van der Waals surface area contributed by atoms with Gasteiger partial charge in [-0.3, -0.25) is 5.41 Å². The van der Waals surface area contributed by atoms with Crippen molar-refractivity contribution in [3.8, 4) is 0 Å². The molecule has 2 rings (SSSR count). The minimum Gasteiger partial charge on any atom is -0.266 e. The molecule has 0 unspecified atom stereocenters. The first-order chi connectivity index (χ1) is 7.16. The van der Waals surface area contributed by atoms with E-state index >= 15 is 0 Å². The molecule has 1 aromatic heterocycles. The fourth-order valence-corrected chi connectivity index (χ4v) is 1.36. The number of hydrogen-bond donors (Lipinski definition) is 1. The van der Waals surface area contributed by atoms with Gasteiger partial charge in [-0.2, -0.15) is 0 Å². The van der Waals surface area contributed by atoms with Crippen LogP contribution in [0.5, 0.6) is 0 Å². The van der Waals surface area contributed by atoms with Gasteiger partial charge < -0.3 is 0 Å². The maximum absolute atomic E-state index is 7.64. The van der Waals surface area contributed by atoms with Gasteiger partial charge in [0.05, 0.1) is 6.54 Å². The van der Waals surface area contributed by atoms with Crippen LogP contribution in [0.3, 0.4) is 0 Å². The van der Waals surface area contributed by atoms with Crippen molar-refractivity contribution in [2.45, 2.75) is 6.54 Å². The molecule has 78 valence electrons. The molecule has 1 heterocycles. The molecule has 0 fully saturated rings. The predicted molar refractivity (Wildman–Crippen MR) is 55.4 cm³/mol. The monoisotopic (exact) mass is 223 g/mol. The minimum atomic E-state index is 0.268. The number of aromatic nitrogens is 4. The van der Waals surface area contributed by atoms with Crippen molar-refractivity contribution in [1.29, 1.82) is 5.41 Å². The highest BCUT2D eigenvalue weighted by Gasteiger charge is 2.00. The van der Waals surface area contributed by atoms with Crippen molar-refractivity contribution < 1.29 is 0 Å². The molecule has 5 nitrogen and oxygen atoms in total. The van der Waals surface area contributed by atoms with Crippen molar-refractivity contribution in [3.05, 3.63) is 40.5 Å². The summed E-state index contributed by atoms with van der Waals surface area (Å²) in [4.78, 5) is 0. The number of aryl methyl sites for hydroxylation is 1. The van der Waals surface area contributed by atoms with Gasteiger partial charge in [-0.25, -0.2) is 9.36 Å². The zero-order valence-corrected chi connectivity index (χ0v) is 8.94. The maximum Gasteiger partial charge on any atom is 0.238 e. The average molecular weight is 224 g/mol. The van der Waals surface area contributed by atoms with Crippen LogP contribution in [0.1, 0.15) is 5.56 Å². The summed E-state index contributed by atoms with van der Waals surface area (Å²) in [5.74, 6) is 0. The van der Waals surface area contributed by atoms with Crippen molar-refractivity contribution in [1.82, 2.24) is 19.8 Å². The summed E-state index contributed by atoms with van der Waals surface area (Å²) in [7, 11) is 1.69. The van der Waals surface area contributed by atoms with E-state index in [0.717, 1.165) is 5.56 Å². The van der Waals surface area contributed by atoms with Crippen molar-refractivity contribution in [2.24, 2.45) is 7.05 Å². The number of tetrazole rings is 1. The van der Waals surface area contributed by atoms with E-state index in [1.54, 1.807) is 7.05 Å². The summed E-state index contributed by atoms with van der Waals surface area (Å²) in [5, 5.41) is 15.9. The van der Waals surface area contributed by atoms with Crippen LogP contribution in [-0.4, -0.2) is 19.8 Å². The van der Waals surface area contributed by atoms with E-state index in [4.69, 9.17) is 17.0 Å². The molecule has 0 aliphatic carbocycles. The van der Waals surface area contributed by atoms with E-state index in [1.807, 2.05) is 24.3 Å². The normalized spacial score (nSPS) is 10.5. The Kier molecular flexibility index (Phi) is 2.55. The van der Waals surface area contributed by atoms with Crippen LogP contribution in [0.25, 0.3) is 0 Å². The molecule has 0 atom stereocenters. The van der Waals surface area contributed by atoms with E-state index in [1.165, 1.54) is 9.36 Å². The molecule has 0 saturated carbocycles. The molecule has 0 saturated heterocycles. The molecular weight excluding hydrogens is 214 g/mol. The van der Waals surface area contributed by atoms with Gasteiger partial charge >= 0.3 is 0 Å². The van der Waals surface area contributed by atoms with Gasteiger partial charge in [-0.05, 0) is 28.1 Å². The van der Waals surface area contributed by atoms with Gasteiger partial charge in [-0.1, -0.05) is 23.7 Å². The SMILES string of the molecule is Cn1nnn(Cc2ccc(Cl)cc2)c1=N. The molecule has 0 amide bonds. The van der Waals surface area contributed by atoms with E-state index in [9.17, 15) is 0 Å². The molecule has 1 aromatic carbocycles. The Labute approximate surface area is 91.4 Å². The fourth-order valence-electron chi connectivity index (χ4n) is 1.23. The highest BCUT2D eigenvalue weighted by atomic mass is 35.5. The van der Waals surface area contributed by atoms with Gasteiger partial charge in [-0.15, -0.1) is 0 Å². The Morgan fingerprint density at radius 1 is 1.27 bits per heavy atom. The number of hydrogen-bond acceptors (Lipinski definition) is 3. The van der Waals surface area contributed by atoms with E-state index < -0.39 is 0 Å². The molecule has 2 aromatic rings. The van der Waals surface area contributed by atoms with Crippen molar-refractivity contribution in [2.75, 3.05) is 0 Å². The Morgan fingerprint density at radius 2 is 1.93 bits per heavy atom. The van der Waals surface area contributed by atoms with Crippen LogP contribution >= 0.6 is 11.6 Å². The number of halogens is 1. The predicted octanol–water partition coefficient (Wildman–Crippen LogP) is 0.798. The van der Waals surface area contributed by atoms with Crippen molar-refractivity contribution >= 4 is 11.6 Å². The van der Waals surface area contributed by atoms with Gasteiger partial charge in [0.2, 0.25) is 5.62 Å². The van der Waals surface area contributed by atoms with Crippen LogP contribution < -0.4 is 5.62 Å². The zero-order chi connectivity index (χ0) is 10.8. The summed E-state index contributed by atoms with van der Waals surface area (Å²) in [6.45, 7) is 0.532. The first-order valence-electron chi connectivity index (χ1n) is 4.42. The van der Waals surface area contributed by atoms with Crippen molar-refractivity contribution in [3.63, 3.8) is 0 Å². The largest absolute Gasteiger partial charge is 0.266 e. The second-order valence-electron chi connectivity index (χ2n) is 3.21. The highest BCUT2D eigenvalue weighted by Crippen LogP contribution is 2.09. The highest BCUT2D eigenvalue weighted by molar-refractivity contribution is 6.30. The summed E-state index contributed by atoms with van der Waals surface area (Å²) < 4.78 is 2.93. The van der Waals surface area contributed by atoms with Gasteiger partial charge in [0, 0.05) is 12.1 Å². The molecule has 0 bridgehead atoms. The minimum absolute atomic E-state index is 0.268.